The molecule has 3 N–H and O–H groups in total. The average Bonchev–Trinajstić information content (AvgIpc) is 2.44. The predicted molar refractivity (Wildman–Crippen MR) is 87.7 cm³/mol. The molecule has 1 aromatic carbocycles. The highest BCUT2D eigenvalue weighted by molar-refractivity contribution is 6.33. The fraction of sp³-hybridized carbons (Fsp3) is 0.500. The molecule has 0 aliphatic carbocycles. The van der Waals surface area contributed by atoms with E-state index < -0.39 is 0 Å². The number of carbonyl (C=O) groups excluding carboxylic acids is 1. The normalized spacial score (nSPS) is 9.86. The van der Waals surface area contributed by atoms with E-state index in [1.807, 2.05) is 0 Å². The molecular weight excluding hydrogens is 315 g/mol. The number of anilines is 1. The summed E-state index contributed by atoms with van der Waals surface area (Å²) in [5.74, 6) is 0.208. The Balaban J connectivity index is 0.00000400. The summed E-state index contributed by atoms with van der Waals surface area (Å²) in [5, 5.41) is 3.18. The number of unbranched alkanes of at least 4 members (excludes halogenated alkanes) is 2. The Kier molecular flexibility index (Phi) is 9.95. The number of nitrogens with two attached hydrogens (primary N) is 1. The summed E-state index contributed by atoms with van der Waals surface area (Å²) >= 11 is 5.93. The van der Waals surface area contributed by atoms with E-state index in [0.29, 0.717) is 28.6 Å². The minimum absolute atomic E-state index is 0. The van der Waals surface area contributed by atoms with Gasteiger partial charge in [0.05, 0.1) is 23.4 Å². The Bertz CT molecular complexity index is 456. The first kappa shape index (κ1) is 19.8. The van der Waals surface area contributed by atoms with Crippen LogP contribution < -0.4 is 15.8 Å². The second kappa shape index (κ2) is 10.5. The summed E-state index contributed by atoms with van der Waals surface area (Å²) in [4.78, 5) is 12.1. The van der Waals surface area contributed by atoms with Crippen LogP contribution in [-0.4, -0.2) is 33.3 Å². The molecule has 0 spiro atoms. The van der Waals surface area contributed by atoms with Gasteiger partial charge in [-0.15, -0.1) is 12.4 Å². The van der Waals surface area contributed by atoms with Gasteiger partial charge in [-0.05, 0) is 25.3 Å². The number of hydrogen-bond acceptors (Lipinski definition) is 4. The first-order chi connectivity index (χ1) is 9.60. The Morgan fingerprint density at radius 2 is 2.00 bits per heavy atom. The van der Waals surface area contributed by atoms with Crippen molar-refractivity contribution in [3.63, 3.8) is 0 Å². The van der Waals surface area contributed by atoms with Crippen molar-refractivity contribution < 1.29 is 14.3 Å². The topological polar surface area (TPSA) is 73.6 Å². The molecule has 1 rings (SSSR count). The summed E-state index contributed by atoms with van der Waals surface area (Å²) < 4.78 is 10.1. The Morgan fingerprint density at radius 1 is 1.29 bits per heavy atom. The maximum atomic E-state index is 12.1. The van der Waals surface area contributed by atoms with Crippen molar-refractivity contribution in [2.24, 2.45) is 0 Å². The standard InChI is InChI=1S/C14H21ClN2O3.ClH/c1-19-7-5-3-4-6-17-14(18)10-8-11(15)12(16)9-13(10)20-2;/h8-9H,3-7,16H2,1-2H3,(H,17,18);1H. The average molecular weight is 337 g/mol. The van der Waals surface area contributed by atoms with Gasteiger partial charge in [-0.2, -0.15) is 0 Å². The molecule has 0 fully saturated rings. The van der Waals surface area contributed by atoms with Gasteiger partial charge >= 0.3 is 0 Å². The second-order valence-electron chi connectivity index (χ2n) is 4.38. The predicted octanol–water partition coefficient (Wildman–Crippen LogP) is 2.90. The minimum atomic E-state index is -0.213. The van der Waals surface area contributed by atoms with E-state index in [4.69, 9.17) is 26.8 Å². The summed E-state index contributed by atoms with van der Waals surface area (Å²) in [5.41, 5.74) is 6.46. The molecule has 21 heavy (non-hydrogen) atoms. The number of rotatable bonds is 8. The van der Waals surface area contributed by atoms with E-state index in [0.717, 1.165) is 25.9 Å². The molecule has 0 bridgehead atoms. The number of carbonyl (C=O) groups is 1. The first-order valence-electron chi connectivity index (χ1n) is 6.50. The van der Waals surface area contributed by atoms with Crippen LogP contribution in [0.1, 0.15) is 29.6 Å². The van der Waals surface area contributed by atoms with Gasteiger partial charge in [0, 0.05) is 26.3 Å². The molecule has 0 aromatic heterocycles. The Hall–Kier alpha value is -1.17. The number of halogens is 2. The first-order valence-corrected chi connectivity index (χ1v) is 6.88. The van der Waals surface area contributed by atoms with Gasteiger partial charge in [0.1, 0.15) is 5.75 Å². The number of nitrogens with one attached hydrogen (secondary N) is 1. The van der Waals surface area contributed by atoms with Crippen LogP contribution in [0.5, 0.6) is 5.75 Å². The van der Waals surface area contributed by atoms with Gasteiger partial charge in [0.25, 0.3) is 5.91 Å². The van der Waals surface area contributed by atoms with E-state index in [1.165, 1.54) is 13.2 Å². The lowest BCUT2D eigenvalue weighted by molar-refractivity contribution is 0.0949. The summed E-state index contributed by atoms with van der Waals surface area (Å²) in [6.45, 7) is 1.35. The van der Waals surface area contributed by atoms with Crippen LogP contribution in [0.3, 0.4) is 0 Å². The van der Waals surface area contributed by atoms with Gasteiger partial charge in [0.2, 0.25) is 0 Å². The van der Waals surface area contributed by atoms with Crippen LogP contribution in [0.2, 0.25) is 5.02 Å². The van der Waals surface area contributed by atoms with Crippen molar-refractivity contribution in [1.82, 2.24) is 5.32 Å². The zero-order chi connectivity index (χ0) is 15.0. The van der Waals surface area contributed by atoms with Crippen molar-refractivity contribution in [3.05, 3.63) is 22.7 Å². The fourth-order valence-corrected chi connectivity index (χ4v) is 1.92. The lowest BCUT2D eigenvalue weighted by atomic mass is 10.1. The highest BCUT2D eigenvalue weighted by atomic mass is 35.5. The van der Waals surface area contributed by atoms with Gasteiger partial charge in [-0.25, -0.2) is 0 Å². The highest BCUT2D eigenvalue weighted by Gasteiger charge is 2.14. The summed E-state index contributed by atoms with van der Waals surface area (Å²) in [7, 11) is 3.17. The largest absolute Gasteiger partial charge is 0.496 e. The molecule has 0 unspecified atom stereocenters. The van der Waals surface area contributed by atoms with Crippen LogP contribution in [0.25, 0.3) is 0 Å². The van der Waals surface area contributed by atoms with Crippen molar-refractivity contribution in [2.75, 3.05) is 33.1 Å². The molecule has 0 saturated heterocycles. The molecule has 0 radical (unpaired) electrons. The SMILES string of the molecule is COCCCCCNC(=O)c1cc(Cl)c(N)cc1OC.Cl. The number of hydrogen-bond donors (Lipinski definition) is 2. The van der Waals surface area contributed by atoms with Crippen molar-refractivity contribution in [2.45, 2.75) is 19.3 Å². The lowest BCUT2D eigenvalue weighted by Gasteiger charge is -2.11. The number of nitrogen functional groups attached to an aromatic ring is 1. The fourth-order valence-electron chi connectivity index (χ4n) is 1.76. The van der Waals surface area contributed by atoms with Crippen LogP contribution in [0, 0.1) is 0 Å². The quantitative estimate of drug-likeness (QED) is 0.565. The van der Waals surface area contributed by atoms with Crippen LogP contribution >= 0.6 is 24.0 Å². The second-order valence-corrected chi connectivity index (χ2v) is 4.79. The number of ether oxygens (including phenoxy) is 2. The molecular formula is C14H22Cl2N2O3. The van der Waals surface area contributed by atoms with Crippen molar-refractivity contribution in [1.29, 1.82) is 0 Å². The van der Waals surface area contributed by atoms with E-state index in [9.17, 15) is 4.79 Å². The maximum Gasteiger partial charge on any atom is 0.255 e. The van der Waals surface area contributed by atoms with Crippen LogP contribution in [0.15, 0.2) is 12.1 Å². The maximum absolute atomic E-state index is 12.1. The van der Waals surface area contributed by atoms with Crippen molar-refractivity contribution in [3.8, 4) is 5.75 Å². The zero-order valence-corrected chi connectivity index (χ0v) is 13.9. The number of benzene rings is 1. The Labute approximate surface area is 136 Å². The molecule has 0 saturated carbocycles. The van der Waals surface area contributed by atoms with Gasteiger partial charge in [-0.3, -0.25) is 4.79 Å². The molecule has 7 heteroatoms. The van der Waals surface area contributed by atoms with E-state index in [1.54, 1.807) is 13.2 Å². The number of methoxy groups -OCH3 is 2. The van der Waals surface area contributed by atoms with Gasteiger partial charge < -0.3 is 20.5 Å². The zero-order valence-electron chi connectivity index (χ0n) is 12.3. The number of amides is 1. The molecule has 0 atom stereocenters. The highest BCUT2D eigenvalue weighted by Crippen LogP contribution is 2.28. The summed E-state index contributed by atoms with van der Waals surface area (Å²) in [6.07, 6.45) is 2.90. The molecule has 0 heterocycles. The molecule has 1 aromatic rings. The molecule has 1 amide bonds. The van der Waals surface area contributed by atoms with Crippen molar-refractivity contribution >= 4 is 35.6 Å². The van der Waals surface area contributed by atoms with E-state index in [-0.39, 0.29) is 18.3 Å². The monoisotopic (exact) mass is 336 g/mol. The van der Waals surface area contributed by atoms with Crippen LogP contribution in [0.4, 0.5) is 5.69 Å². The smallest absolute Gasteiger partial charge is 0.255 e. The lowest BCUT2D eigenvalue weighted by Crippen LogP contribution is -2.25. The minimum Gasteiger partial charge on any atom is -0.496 e. The molecule has 0 aliphatic rings. The molecule has 5 nitrogen and oxygen atoms in total. The summed E-state index contributed by atoms with van der Waals surface area (Å²) in [6, 6.07) is 3.08. The van der Waals surface area contributed by atoms with E-state index in [2.05, 4.69) is 5.32 Å². The third-order valence-electron chi connectivity index (χ3n) is 2.87. The van der Waals surface area contributed by atoms with Gasteiger partial charge in [0.15, 0.2) is 0 Å². The third-order valence-corrected chi connectivity index (χ3v) is 3.20. The van der Waals surface area contributed by atoms with E-state index >= 15 is 0 Å². The molecule has 120 valence electrons. The third kappa shape index (κ3) is 6.42. The Morgan fingerprint density at radius 3 is 2.62 bits per heavy atom. The molecule has 0 aliphatic heterocycles. The van der Waals surface area contributed by atoms with Crippen LogP contribution in [-0.2, 0) is 4.74 Å². The van der Waals surface area contributed by atoms with Gasteiger partial charge in [-0.1, -0.05) is 11.6 Å².